The van der Waals surface area contributed by atoms with Crippen molar-refractivity contribution in [1.82, 2.24) is 4.90 Å². The molecule has 1 fully saturated rings. The van der Waals surface area contributed by atoms with E-state index in [1.54, 1.807) is 0 Å². The van der Waals surface area contributed by atoms with Crippen LogP contribution in [-0.4, -0.2) is 28.3 Å². The van der Waals surface area contributed by atoms with Gasteiger partial charge < -0.3 is 10.6 Å². The third kappa shape index (κ3) is 1.28. The average molecular weight is 223 g/mol. The molecule has 0 radical (unpaired) electrons. The molecule has 1 aliphatic heterocycles. The van der Waals surface area contributed by atoms with Gasteiger partial charge in [-0.15, -0.1) is 0 Å². The van der Waals surface area contributed by atoms with Gasteiger partial charge in [0.25, 0.3) is 0 Å². The van der Waals surface area contributed by atoms with E-state index in [9.17, 15) is 4.79 Å². The van der Waals surface area contributed by atoms with Crippen molar-refractivity contribution in [2.75, 3.05) is 0 Å². The monoisotopic (exact) mass is 223 g/mol. The molecule has 1 spiro atoms. The van der Waals surface area contributed by atoms with Crippen LogP contribution in [-0.2, 0) is 0 Å². The minimum atomic E-state index is -0.264. The number of rotatable bonds is 2. The molecule has 0 aromatic heterocycles. The minimum Gasteiger partial charge on any atom is -0.385 e. The third-order valence-corrected chi connectivity index (χ3v) is 4.09. The molecule has 0 bridgehead atoms. The Kier molecular flexibility index (Phi) is 2.68. The van der Waals surface area contributed by atoms with E-state index in [0.29, 0.717) is 11.8 Å². The maximum Gasteiger partial charge on any atom is 0.346 e. The second-order valence-corrected chi connectivity index (χ2v) is 5.17. The largest absolute Gasteiger partial charge is 0.385 e. The van der Waals surface area contributed by atoms with E-state index in [1.807, 2.05) is 18.7 Å². The minimum absolute atomic E-state index is 0.146. The standard InChI is InChI=1S/C12H21N3O/c1-4-9-6-5-7-12(9)10(13)14-11(16)15(12)8(2)3/h8-9H,4-7H2,1-3H3,(H2,13,14,16). The van der Waals surface area contributed by atoms with Gasteiger partial charge in [-0.3, -0.25) is 0 Å². The number of amides is 2. The second kappa shape index (κ2) is 3.75. The number of urea groups is 1. The lowest BCUT2D eigenvalue weighted by Gasteiger charge is -2.41. The summed E-state index contributed by atoms with van der Waals surface area (Å²) in [5.41, 5.74) is 5.78. The summed E-state index contributed by atoms with van der Waals surface area (Å²) in [6.07, 6.45) is 4.34. The van der Waals surface area contributed by atoms with E-state index in [-0.39, 0.29) is 17.6 Å². The highest BCUT2D eigenvalue weighted by Crippen LogP contribution is 2.46. The van der Waals surface area contributed by atoms with Gasteiger partial charge in [-0.2, -0.15) is 4.99 Å². The highest BCUT2D eigenvalue weighted by Gasteiger charge is 2.55. The highest BCUT2D eigenvalue weighted by atomic mass is 16.2. The van der Waals surface area contributed by atoms with Crippen molar-refractivity contribution < 1.29 is 4.79 Å². The number of hydrogen-bond acceptors (Lipinski definition) is 2. The molecule has 4 nitrogen and oxygen atoms in total. The van der Waals surface area contributed by atoms with E-state index in [0.717, 1.165) is 25.7 Å². The summed E-state index contributed by atoms with van der Waals surface area (Å²) >= 11 is 0. The zero-order valence-corrected chi connectivity index (χ0v) is 10.4. The summed E-state index contributed by atoms with van der Waals surface area (Å²) in [5.74, 6) is 1.03. The van der Waals surface area contributed by atoms with Crippen LogP contribution >= 0.6 is 0 Å². The van der Waals surface area contributed by atoms with Gasteiger partial charge >= 0.3 is 6.03 Å². The molecule has 90 valence electrons. The van der Waals surface area contributed by atoms with Gasteiger partial charge in [0.05, 0.1) is 0 Å². The van der Waals surface area contributed by atoms with E-state index < -0.39 is 0 Å². The molecule has 1 aliphatic carbocycles. The van der Waals surface area contributed by atoms with Gasteiger partial charge in [-0.1, -0.05) is 19.8 Å². The van der Waals surface area contributed by atoms with Crippen molar-refractivity contribution >= 4 is 11.9 Å². The maximum absolute atomic E-state index is 11.9. The first kappa shape index (κ1) is 11.4. The molecule has 1 saturated carbocycles. The summed E-state index contributed by atoms with van der Waals surface area (Å²) in [5, 5.41) is 0. The van der Waals surface area contributed by atoms with Crippen molar-refractivity contribution in [2.24, 2.45) is 16.6 Å². The molecule has 2 unspecified atom stereocenters. The number of amidine groups is 1. The summed E-state index contributed by atoms with van der Waals surface area (Å²) in [6.45, 7) is 6.25. The highest BCUT2D eigenvalue weighted by molar-refractivity contribution is 6.06. The lowest BCUT2D eigenvalue weighted by atomic mass is 9.82. The predicted octanol–water partition coefficient (Wildman–Crippen LogP) is 2.14. The zero-order chi connectivity index (χ0) is 11.9. The van der Waals surface area contributed by atoms with E-state index >= 15 is 0 Å². The molecule has 2 N–H and O–H groups in total. The molecule has 2 aliphatic rings. The SMILES string of the molecule is CCC1CCCC12C(N)=NC(=O)N2C(C)C. The fraction of sp³-hybridized carbons (Fsp3) is 0.833. The van der Waals surface area contributed by atoms with Crippen molar-refractivity contribution in [2.45, 2.75) is 58.0 Å². The quantitative estimate of drug-likeness (QED) is 0.779. The van der Waals surface area contributed by atoms with Crippen molar-refractivity contribution in [3.8, 4) is 0 Å². The molecular formula is C12H21N3O. The fourth-order valence-corrected chi connectivity index (χ4v) is 3.49. The van der Waals surface area contributed by atoms with Crippen LogP contribution in [0.25, 0.3) is 0 Å². The normalized spacial score (nSPS) is 34.2. The Morgan fingerprint density at radius 2 is 2.31 bits per heavy atom. The molecule has 0 saturated heterocycles. The average Bonchev–Trinajstić information content (AvgIpc) is 2.71. The summed E-state index contributed by atoms with van der Waals surface area (Å²) in [6, 6.07) is 0.0253. The smallest absolute Gasteiger partial charge is 0.346 e. The number of aliphatic imine (C=N–C) groups is 1. The number of carbonyl (C=O) groups excluding carboxylic acids is 1. The van der Waals surface area contributed by atoms with Crippen LogP contribution in [0.2, 0.25) is 0 Å². The maximum atomic E-state index is 11.9. The number of carbonyl (C=O) groups is 1. The third-order valence-electron chi connectivity index (χ3n) is 4.09. The Balaban J connectivity index is 2.43. The number of nitrogens with two attached hydrogens (primary N) is 1. The number of nitrogens with zero attached hydrogens (tertiary/aromatic N) is 2. The van der Waals surface area contributed by atoms with E-state index in [4.69, 9.17) is 5.73 Å². The molecule has 1 heterocycles. The topological polar surface area (TPSA) is 58.7 Å². The Labute approximate surface area is 96.9 Å². The molecular weight excluding hydrogens is 202 g/mol. The van der Waals surface area contributed by atoms with Crippen molar-refractivity contribution in [3.05, 3.63) is 0 Å². The molecule has 16 heavy (non-hydrogen) atoms. The molecule has 0 aromatic carbocycles. The summed E-state index contributed by atoms with van der Waals surface area (Å²) in [7, 11) is 0. The molecule has 2 amide bonds. The van der Waals surface area contributed by atoms with Crippen LogP contribution in [0.15, 0.2) is 4.99 Å². The van der Waals surface area contributed by atoms with Gasteiger partial charge in [0.2, 0.25) is 0 Å². The number of hydrogen-bond donors (Lipinski definition) is 1. The molecule has 2 atom stereocenters. The van der Waals surface area contributed by atoms with Crippen LogP contribution in [0.4, 0.5) is 4.79 Å². The van der Waals surface area contributed by atoms with E-state index in [2.05, 4.69) is 11.9 Å². The molecule has 4 heteroatoms. The summed E-state index contributed by atoms with van der Waals surface area (Å²) in [4.78, 5) is 17.8. The van der Waals surface area contributed by atoms with Crippen molar-refractivity contribution in [3.63, 3.8) is 0 Å². The second-order valence-electron chi connectivity index (χ2n) is 5.17. The fourth-order valence-electron chi connectivity index (χ4n) is 3.49. The van der Waals surface area contributed by atoms with Crippen LogP contribution in [0.3, 0.4) is 0 Å². The molecule has 2 rings (SSSR count). The van der Waals surface area contributed by atoms with Crippen LogP contribution < -0.4 is 5.73 Å². The summed E-state index contributed by atoms with van der Waals surface area (Å²) < 4.78 is 0. The molecule has 0 aromatic rings. The zero-order valence-electron chi connectivity index (χ0n) is 10.4. The van der Waals surface area contributed by atoms with Crippen LogP contribution in [0.5, 0.6) is 0 Å². The van der Waals surface area contributed by atoms with Gasteiger partial charge in [-0.25, -0.2) is 4.79 Å². The first-order valence-electron chi connectivity index (χ1n) is 6.22. The Morgan fingerprint density at radius 3 is 2.88 bits per heavy atom. The van der Waals surface area contributed by atoms with E-state index in [1.165, 1.54) is 0 Å². The lowest BCUT2D eigenvalue weighted by molar-refractivity contribution is 0.119. The first-order chi connectivity index (χ1) is 7.54. The Hall–Kier alpha value is -1.06. The first-order valence-corrected chi connectivity index (χ1v) is 6.22. The van der Waals surface area contributed by atoms with Gasteiger partial charge in [0, 0.05) is 6.04 Å². The van der Waals surface area contributed by atoms with Crippen molar-refractivity contribution in [1.29, 1.82) is 0 Å². The van der Waals surface area contributed by atoms with Crippen LogP contribution in [0.1, 0.15) is 46.5 Å². The lowest BCUT2D eigenvalue weighted by Crippen LogP contribution is -2.58. The Morgan fingerprint density at radius 1 is 1.62 bits per heavy atom. The van der Waals surface area contributed by atoms with Gasteiger partial charge in [-0.05, 0) is 32.6 Å². The van der Waals surface area contributed by atoms with Gasteiger partial charge in [0.1, 0.15) is 11.4 Å². The predicted molar refractivity (Wildman–Crippen MR) is 64.4 cm³/mol. The van der Waals surface area contributed by atoms with Gasteiger partial charge in [0.15, 0.2) is 0 Å². The Bertz CT molecular complexity index is 337. The van der Waals surface area contributed by atoms with Crippen LogP contribution in [0, 0.1) is 5.92 Å².